The first kappa shape index (κ1) is 72.1. The molecule has 0 fully saturated rings. The van der Waals surface area contributed by atoms with Crippen LogP contribution in [0.5, 0.6) is 0 Å². The highest BCUT2D eigenvalue weighted by Gasteiger charge is 2.19. The van der Waals surface area contributed by atoms with E-state index in [4.69, 9.17) is 14.2 Å². The lowest BCUT2D eigenvalue weighted by Crippen LogP contribution is -2.30. The van der Waals surface area contributed by atoms with Gasteiger partial charge < -0.3 is 14.2 Å². The van der Waals surface area contributed by atoms with Crippen LogP contribution in [0.25, 0.3) is 0 Å². The van der Waals surface area contributed by atoms with Crippen LogP contribution in [0.1, 0.15) is 297 Å². The summed E-state index contributed by atoms with van der Waals surface area (Å²) in [4.78, 5) is 38.4. The van der Waals surface area contributed by atoms with Crippen LogP contribution in [0.3, 0.4) is 0 Å². The Hall–Kier alpha value is -3.93. The summed E-state index contributed by atoms with van der Waals surface area (Å²) in [7, 11) is 0. The number of hydrogen-bond donors (Lipinski definition) is 0. The minimum Gasteiger partial charge on any atom is -0.462 e. The first-order valence-corrected chi connectivity index (χ1v) is 31.9. The van der Waals surface area contributed by atoms with E-state index in [1.54, 1.807) is 0 Å². The van der Waals surface area contributed by atoms with Crippen LogP contribution in [-0.2, 0) is 28.6 Å². The number of allylic oxidation sites excluding steroid dienone is 18. The van der Waals surface area contributed by atoms with Gasteiger partial charge in [0, 0.05) is 19.3 Å². The van der Waals surface area contributed by atoms with Crippen LogP contribution in [0.2, 0.25) is 0 Å². The van der Waals surface area contributed by atoms with Gasteiger partial charge in [-0.2, -0.15) is 0 Å². The third kappa shape index (κ3) is 60.9. The van der Waals surface area contributed by atoms with Gasteiger partial charge in [0.2, 0.25) is 0 Å². The number of hydrogen-bond acceptors (Lipinski definition) is 6. The van der Waals surface area contributed by atoms with Gasteiger partial charge in [-0.15, -0.1) is 0 Å². The standard InChI is InChI=1S/C70H118O6/c1-4-7-10-13-16-19-22-25-28-31-34-35-37-39-42-45-48-51-54-57-60-63-69(72)75-66-67(65-74-68(71)62-59-56-53-50-47-44-41-38-33-30-27-24-21-18-15-12-9-6-3)76-70(73)64-61-58-55-52-49-46-43-40-36-32-29-26-23-20-17-14-11-8-5-2/h7-8,10-11,16-17,19-20,25-26,28-29,34-36,40,46,49,67H,4-6,9,12-15,18,21-24,27,30-33,37-39,41-45,47-48,50-66H2,1-3H3/b10-7-,11-8-,19-16-,20-17-,28-25-,29-26-,35-34-,40-36-,49-46-. The highest BCUT2D eigenvalue weighted by Crippen LogP contribution is 2.16. The van der Waals surface area contributed by atoms with Crippen LogP contribution < -0.4 is 0 Å². The highest BCUT2D eigenvalue weighted by atomic mass is 16.6. The summed E-state index contributed by atoms with van der Waals surface area (Å²) in [5, 5.41) is 0. The minimum atomic E-state index is -0.801. The molecule has 0 aromatic carbocycles. The zero-order valence-corrected chi connectivity index (χ0v) is 49.7. The second-order valence-corrected chi connectivity index (χ2v) is 20.9. The predicted molar refractivity (Wildman–Crippen MR) is 330 cm³/mol. The molecule has 0 rings (SSSR count). The molecule has 0 aliphatic rings. The molecule has 0 heterocycles. The van der Waals surface area contributed by atoms with E-state index >= 15 is 0 Å². The Labute approximate surface area is 470 Å². The molecule has 76 heavy (non-hydrogen) atoms. The molecule has 434 valence electrons. The average Bonchev–Trinajstić information content (AvgIpc) is 3.42. The number of esters is 3. The third-order valence-electron chi connectivity index (χ3n) is 13.5. The van der Waals surface area contributed by atoms with Crippen LogP contribution >= 0.6 is 0 Å². The van der Waals surface area contributed by atoms with Crippen molar-refractivity contribution >= 4 is 17.9 Å². The van der Waals surface area contributed by atoms with Crippen LogP contribution in [-0.4, -0.2) is 37.2 Å². The Balaban J connectivity index is 4.45. The summed E-state index contributed by atoms with van der Waals surface area (Å²) >= 11 is 0. The molecule has 1 atom stereocenters. The fourth-order valence-corrected chi connectivity index (χ4v) is 8.81. The Morgan fingerprint density at radius 3 is 0.816 bits per heavy atom. The van der Waals surface area contributed by atoms with Gasteiger partial charge in [-0.05, 0) is 103 Å². The van der Waals surface area contributed by atoms with Crippen molar-refractivity contribution in [1.82, 2.24) is 0 Å². The van der Waals surface area contributed by atoms with E-state index < -0.39 is 6.10 Å². The molecule has 0 N–H and O–H groups in total. The second kappa shape index (κ2) is 63.6. The van der Waals surface area contributed by atoms with Crippen molar-refractivity contribution < 1.29 is 28.6 Å². The molecule has 6 nitrogen and oxygen atoms in total. The molecule has 0 spiro atoms. The average molecular weight is 1060 g/mol. The van der Waals surface area contributed by atoms with Gasteiger partial charge in [0.15, 0.2) is 6.10 Å². The van der Waals surface area contributed by atoms with Crippen LogP contribution in [0.4, 0.5) is 0 Å². The van der Waals surface area contributed by atoms with Crippen molar-refractivity contribution in [3.8, 4) is 0 Å². The van der Waals surface area contributed by atoms with Crippen molar-refractivity contribution in [3.63, 3.8) is 0 Å². The molecule has 1 unspecified atom stereocenters. The summed E-state index contributed by atoms with van der Waals surface area (Å²) < 4.78 is 16.9. The molecule has 0 aliphatic carbocycles. The Bertz CT molecular complexity index is 1540. The molecule has 0 amide bonds. The normalized spacial score (nSPS) is 12.8. The fourth-order valence-electron chi connectivity index (χ4n) is 8.81. The van der Waals surface area contributed by atoms with Gasteiger partial charge >= 0.3 is 17.9 Å². The predicted octanol–water partition coefficient (Wildman–Crippen LogP) is 21.8. The first-order valence-electron chi connectivity index (χ1n) is 31.9. The van der Waals surface area contributed by atoms with Crippen molar-refractivity contribution in [2.45, 2.75) is 303 Å². The van der Waals surface area contributed by atoms with Gasteiger partial charge in [0.05, 0.1) is 0 Å². The zero-order valence-electron chi connectivity index (χ0n) is 49.7. The quantitative estimate of drug-likeness (QED) is 0.0261. The summed E-state index contributed by atoms with van der Waals surface area (Å²) in [6.45, 7) is 6.41. The molecule has 0 aromatic heterocycles. The zero-order chi connectivity index (χ0) is 55.0. The number of unbranched alkanes of at least 4 members (excludes halogenated alkanes) is 28. The third-order valence-corrected chi connectivity index (χ3v) is 13.5. The van der Waals surface area contributed by atoms with E-state index in [1.807, 2.05) is 0 Å². The van der Waals surface area contributed by atoms with Crippen molar-refractivity contribution in [3.05, 3.63) is 109 Å². The summed E-state index contributed by atoms with van der Waals surface area (Å²) in [5.41, 5.74) is 0. The van der Waals surface area contributed by atoms with E-state index in [-0.39, 0.29) is 37.5 Å². The largest absolute Gasteiger partial charge is 0.462 e. The summed E-state index contributed by atoms with van der Waals surface area (Å²) in [5.74, 6) is -0.924. The maximum absolute atomic E-state index is 12.9. The SMILES string of the molecule is CC/C=C\C/C=C\C/C=C\C/C=C\C/C=C\CCCCCC(=O)OC(COC(=O)CCCCCCCCCC/C=C\C/C=C\C/C=C\C/C=C\CC)COC(=O)CCCCCCCCCCCCCCCCCCCC. The number of carbonyl (C=O) groups is 3. The number of carbonyl (C=O) groups excluding carboxylic acids is 3. The molecular formula is C70H118O6. The fraction of sp³-hybridized carbons (Fsp3) is 0.700. The number of ether oxygens (including phenoxy) is 3. The van der Waals surface area contributed by atoms with Crippen molar-refractivity contribution in [1.29, 1.82) is 0 Å². The lowest BCUT2D eigenvalue weighted by molar-refractivity contribution is -0.167. The number of rotatable bonds is 57. The Morgan fingerprint density at radius 1 is 0.276 bits per heavy atom. The molecule has 0 radical (unpaired) electrons. The smallest absolute Gasteiger partial charge is 0.306 e. The van der Waals surface area contributed by atoms with Gasteiger partial charge in [-0.25, -0.2) is 0 Å². The molecule has 0 saturated heterocycles. The minimum absolute atomic E-state index is 0.0928. The molecule has 0 aliphatic heterocycles. The Kier molecular flexibility index (Phi) is 60.3. The molecular weight excluding hydrogens is 937 g/mol. The van der Waals surface area contributed by atoms with E-state index in [1.165, 1.54) is 128 Å². The first-order chi connectivity index (χ1) is 37.5. The summed E-state index contributed by atoms with van der Waals surface area (Å²) in [6, 6.07) is 0. The lowest BCUT2D eigenvalue weighted by atomic mass is 10.0. The maximum Gasteiger partial charge on any atom is 0.306 e. The van der Waals surface area contributed by atoms with Crippen LogP contribution in [0.15, 0.2) is 109 Å². The van der Waals surface area contributed by atoms with Gasteiger partial charge in [-0.1, -0.05) is 284 Å². The van der Waals surface area contributed by atoms with Crippen molar-refractivity contribution in [2.24, 2.45) is 0 Å². The van der Waals surface area contributed by atoms with Crippen LogP contribution in [0, 0.1) is 0 Å². The van der Waals surface area contributed by atoms with Gasteiger partial charge in [0.1, 0.15) is 13.2 Å². The second-order valence-electron chi connectivity index (χ2n) is 20.9. The monoisotopic (exact) mass is 1050 g/mol. The van der Waals surface area contributed by atoms with Gasteiger partial charge in [-0.3, -0.25) is 14.4 Å². The molecule has 0 saturated carbocycles. The highest BCUT2D eigenvalue weighted by molar-refractivity contribution is 5.71. The van der Waals surface area contributed by atoms with Gasteiger partial charge in [0.25, 0.3) is 0 Å². The van der Waals surface area contributed by atoms with E-state index in [0.29, 0.717) is 12.8 Å². The van der Waals surface area contributed by atoms with Crippen molar-refractivity contribution in [2.75, 3.05) is 13.2 Å². The topological polar surface area (TPSA) is 78.9 Å². The summed E-state index contributed by atoms with van der Waals surface area (Å²) in [6.07, 6.45) is 86.6. The molecule has 0 aromatic rings. The molecule has 6 heteroatoms. The van der Waals surface area contributed by atoms with E-state index in [0.717, 1.165) is 128 Å². The Morgan fingerprint density at radius 2 is 0.513 bits per heavy atom. The molecule has 0 bridgehead atoms. The van der Waals surface area contributed by atoms with E-state index in [9.17, 15) is 14.4 Å². The van der Waals surface area contributed by atoms with E-state index in [2.05, 4.69) is 130 Å². The maximum atomic E-state index is 12.9. The lowest BCUT2D eigenvalue weighted by Gasteiger charge is -2.18.